The smallest absolute Gasteiger partial charge is 0.0991 e. The summed E-state index contributed by atoms with van der Waals surface area (Å²) in [4.78, 5) is 0. The zero-order valence-corrected chi connectivity index (χ0v) is 13.3. The first-order valence-corrected chi connectivity index (χ1v) is 8.24. The van der Waals surface area contributed by atoms with Crippen LogP contribution in [0.1, 0.15) is 46.0 Å². The second-order valence-electron chi connectivity index (χ2n) is 6.30. The second-order valence-corrected chi connectivity index (χ2v) is 6.30. The molecule has 0 radical (unpaired) electrons. The van der Waals surface area contributed by atoms with Crippen LogP contribution in [-0.4, -0.2) is 51.2 Å². The van der Waals surface area contributed by atoms with Crippen molar-refractivity contribution < 1.29 is 14.2 Å². The van der Waals surface area contributed by atoms with Gasteiger partial charge < -0.3 is 19.5 Å². The van der Waals surface area contributed by atoms with Gasteiger partial charge in [0.15, 0.2) is 0 Å². The van der Waals surface area contributed by atoms with E-state index < -0.39 is 0 Å². The molecule has 2 aliphatic carbocycles. The van der Waals surface area contributed by atoms with Gasteiger partial charge in [-0.3, -0.25) is 0 Å². The Kier molecular flexibility index (Phi) is 6.75. The van der Waals surface area contributed by atoms with Crippen molar-refractivity contribution in [3.05, 3.63) is 0 Å². The molecule has 0 aromatic heterocycles. The maximum Gasteiger partial charge on any atom is 0.0991 e. The lowest BCUT2D eigenvalue weighted by Gasteiger charge is -2.46. The second kappa shape index (κ2) is 8.32. The molecule has 0 amide bonds. The molecule has 2 aliphatic rings. The van der Waals surface area contributed by atoms with E-state index in [1.165, 1.54) is 25.7 Å². The normalized spacial score (nSPS) is 37.6. The molecule has 0 saturated heterocycles. The summed E-state index contributed by atoms with van der Waals surface area (Å²) in [7, 11) is 1.71. The van der Waals surface area contributed by atoms with Crippen LogP contribution in [0.2, 0.25) is 0 Å². The minimum absolute atomic E-state index is 0.197. The van der Waals surface area contributed by atoms with Gasteiger partial charge in [-0.1, -0.05) is 26.7 Å². The van der Waals surface area contributed by atoms with E-state index in [0.717, 1.165) is 18.9 Å². The van der Waals surface area contributed by atoms with Gasteiger partial charge in [-0.25, -0.2) is 0 Å². The summed E-state index contributed by atoms with van der Waals surface area (Å²) in [5, 5.41) is 3.49. The fourth-order valence-corrected chi connectivity index (χ4v) is 3.42. The van der Waals surface area contributed by atoms with E-state index in [-0.39, 0.29) is 12.2 Å². The van der Waals surface area contributed by atoms with Crippen LogP contribution in [0.15, 0.2) is 0 Å². The topological polar surface area (TPSA) is 39.7 Å². The molecular formula is C16H31NO3. The average molecular weight is 285 g/mol. The number of methoxy groups -OCH3 is 1. The van der Waals surface area contributed by atoms with Crippen LogP contribution in [-0.2, 0) is 14.2 Å². The molecule has 118 valence electrons. The molecule has 5 atom stereocenters. The van der Waals surface area contributed by atoms with Gasteiger partial charge in [0.25, 0.3) is 0 Å². The van der Waals surface area contributed by atoms with Gasteiger partial charge in [0.05, 0.1) is 31.5 Å². The molecule has 4 nitrogen and oxygen atoms in total. The van der Waals surface area contributed by atoms with E-state index >= 15 is 0 Å². The van der Waals surface area contributed by atoms with Crippen molar-refractivity contribution in [1.82, 2.24) is 5.32 Å². The Bertz CT molecular complexity index is 274. The first-order chi connectivity index (χ1) is 9.74. The maximum absolute atomic E-state index is 6.31. The quantitative estimate of drug-likeness (QED) is 0.695. The van der Waals surface area contributed by atoms with Crippen LogP contribution in [0.5, 0.6) is 0 Å². The molecule has 0 aromatic rings. The Balaban J connectivity index is 1.77. The van der Waals surface area contributed by atoms with E-state index in [1.807, 2.05) is 0 Å². The van der Waals surface area contributed by atoms with E-state index in [1.54, 1.807) is 7.11 Å². The minimum atomic E-state index is 0.197. The van der Waals surface area contributed by atoms with Crippen molar-refractivity contribution in [1.29, 1.82) is 0 Å². The van der Waals surface area contributed by atoms with E-state index in [0.29, 0.717) is 25.4 Å². The van der Waals surface area contributed by atoms with Crippen molar-refractivity contribution in [3.63, 3.8) is 0 Å². The molecule has 1 N–H and O–H groups in total. The molecule has 0 bridgehead atoms. The number of nitrogens with one attached hydrogen (secondary N) is 1. The molecule has 0 aromatic carbocycles. The van der Waals surface area contributed by atoms with Crippen molar-refractivity contribution in [2.24, 2.45) is 5.92 Å². The van der Waals surface area contributed by atoms with Crippen LogP contribution >= 0.6 is 0 Å². The zero-order chi connectivity index (χ0) is 14.4. The van der Waals surface area contributed by atoms with Crippen LogP contribution in [0.4, 0.5) is 0 Å². The number of hydrogen-bond donors (Lipinski definition) is 1. The predicted octanol–water partition coefficient (Wildman–Crippen LogP) is 2.36. The number of likely N-dealkylation sites (N-methyl/N-ethyl adjacent to an activating group) is 1. The Morgan fingerprint density at radius 1 is 1.15 bits per heavy atom. The number of rotatable bonds is 8. The van der Waals surface area contributed by atoms with Crippen molar-refractivity contribution in [3.8, 4) is 0 Å². The van der Waals surface area contributed by atoms with Crippen LogP contribution in [0, 0.1) is 5.92 Å². The summed E-state index contributed by atoms with van der Waals surface area (Å²) in [6.07, 6.45) is 7.09. The van der Waals surface area contributed by atoms with Gasteiger partial charge >= 0.3 is 0 Å². The summed E-state index contributed by atoms with van der Waals surface area (Å²) in [5.41, 5.74) is 0. The van der Waals surface area contributed by atoms with Gasteiger partial charge in [0.2, 0.25) is 0 Å². The molecular weight excluding hydrogens is 254 g/mol. The lowest BCUT2D eigenvalue weighted by atomic mass is 9.83. The van der Waals surface area contributed by atoms with Crippen LogP contribution in [0.25, 0.3) is 0 Å². The number of hydrogen-bond acceptors (Lipinski definition) is 4. The van der Waals surface area contributed by atoms with Gasteiger partial charge in [-0.2, -0.15) is 0 Å². The maximum atomic E-state index is 6.31. The molecule has 0 spiro atoms. The van der Waals surface area contributed by atoms with Gasteiger partial charge in [0, 0.05) is 13.2 Å². The fraction of sp³-hybridized carbons (Fsp3) is 1.00. The number of ether oxygens (including phenoxy) is 3. The first-order valence-electron chi connectivity index (χ1n) is 8.24. The molecule has 5 unspecified atom stereocenters. The molecule has 0 aliphatic heterocycles. The Morgan fingerprint density at radius 3 is 2.70 bits per heavy atom. The molecule has 2 fully saturated rings. The Labute approximate surface area is 123 Å². The summed E-state index contributed by atoms with van der Waals surface area (Å²) in [6, 6.07) is 0.447. The Morgan fingerprint density at radius 2 is 2.00 bits per heavy atom. The van der Waals surface area contributed by atoms with Crippen molar-refractivity contribution in [2.75, 3.05) is 26.9 Å². The van der Waals surface area contributed by atoms with Crippen LogP contribution < -0.4 is 5.32 Å². The summed E-state index contributed by atoms with van der Waals surface area (Å²) >= 11 is 0. The average Bonchev–Trinajstić information content (AvgIpc) is 2.42. The lowest BCUT2D eigenvalue weighted by molar-refractivity contribution is -0.177. The SMILES string of the molecule is CCNC1CC(OC2CCCC(C)C2)C1OCCOC. The van der Waals surface area contributed by atoms with Crippen molar-refractivity contribution in [2.45, 2.75) is 70.3 Å². The predicted molar refractivity (Wildman–Crippen MR) is 80.0 cm³/mol. The molecule has 2 rings (SSSR count). The molecule has 20 heavy (non-hydrogen) atoms. The summed E-state index contributed by atoms with van der Waals surface area (Å²) in [5.74, 6) is 0.811. The van der Waals surface area contributed by atoms with E-state index in [9.17, 15) is 0 Å². The highest BCUT2D eigenvalue weighted by molar-refractivity contribution is 4.98. The summed E-state index contributed by atoms with van der Waals surface area (Å²) in [6.45, 7) is 6.78. The van der Waals surface area contributed by atoms with E-state index in [2.05, 4.69) is 19.2 Å². The zero-order valence-electron chi connectivity index (χ0n) is 13.3. The lowest BCUT2D eigenvalue weighted by Crippen LogP contribution is -2.61. The Hall–Kier alpha value is -0.160. The van der Waals surface area contributed by atoms with Gasteiger partial charge in [-0.15, -0.1) is 0 Å². The molecule has 4 heteroatoms. The van der Waals surface area contributed by atoms with Gasteiger partial charge in [-0.05, 0) is 31.7 Å². The highest BCUT2D eigenvalue weighted by atomic mass is 16.6. The van der Waals surface area contributed by atoms with Crippen molar-refractivity contribution >= 4 is 0 Å². The van der Waals surface area contributed by atoms with E-state index in [4.69, 9.17) is 14.2 Å². The minimum Gasteiger partial charge on any atom is -0.382 e. The third kappa shape index (κ3) is 4.42. The highest BCUT2D eigenvalue weighted by Gasteiger charge is 2.43. The first kappa shape index (κ1) is 16.2. The largest absolute Gasteiger partial charge is 0.382 e. The monoisotopic (exact) mass is 285 g/mol. The standard InChI is InChI=1S/C16H31NO3/c1-4-17-14-11-15(16(14)19-9-8-18-3)20-13-7-5-6-12(2)10-13/h12-17H,4-11H2,1-3H3. The molecule has 0 heterocycles. The fourth-order valence-electron chi connectivity index (χ4n) is 3.42. The van der Waals surface area contributed by atoms with Crippen LogP contribution in [0.3, 0.4) is 0 Å². The highest BCUT2D eigenvalue weighted by Crippen LogP contribution is 2.33. The third-order valence-electron chi connectivity index (χ3n) is 4.57. The summed E-state index contributed by atoms with van der Waals surface area (Å²) < 4.78 is 17.3. The third-order valence-corrected chi connectivity index (χ3v) is 4.57. The molecule has 2 saturated carbocycles. The van der Waals surface area contributed by atoms with Gasteiger partial charge in [0.1, 0.15) is 0 Å².